The first-order chi connectivity index (χ1) is 38.1. The molecule has 1 spiro atoms. The molecule has 5 aliphatic rings. The number of nitro groups is 1. The van der Waals surface area contributed by atoms with E-state index in [1.165, 1.54) is 49.7 Å². The third-order valence-corrected chi connectivity index (χ3v) is 18.2. The summed E-state index contributed by atoms with van der Waals surface area (Å²) in [6, 6.07) is 20.4. The molecule has 11 rings (SSSR count). The zero-order valence-corrected chi connectivity index (χ0v) is 45.6. The number of aliphatic hydroxyl groups is 1. The van der Waals surface area contributed by atoms with Gasteiger partial charge in [0.15, 0.2) is 11.5 Å². The van der Waals surface area contributed by atoms with Crippen LogP contribution in [0.3, 0.4) is 0 Å². The molecule has 2 amide bonds. The van der Waals surface area contributed by atoms with Crippen molar-refractivity contribution in [1.29, 1.82) is 0 Å². The number of halogens is 3. The van der Waals surface area contributed by atoms with E-state index in [1.54, 1.807) is 24.0 Å². The lowest BCUT2D eigenvalue weighted by molar-refractivity contribution is -0.384. The number of anilines is 2. The quantitative estimate of drug-likeness (QED) is 0.0555. The SMILES string of the molecule is COc1cc(C(=O)N2CCN(C3CC4(C3)CN(c3ccc(C(=O)NS(=O)(=O)c5ccc(NCC6CCC(C)(O)CC6)c([N+](=O)[O-])c5)c(Oc5cnc6[nH]cc(F)c6c5)c3)C4)[C@H](c3ccccc3C(C)C)C2)cc2c1OCCC2(F)F. The Hall–Kier alpha value is -7.43. The molecule has 1 atom stereocenters. The number of amides is 2. The number of piperazine rings is 1. The van der Waals surface area contributed by atoms with Crippen molar-refractivity contribution in [2.75, 3.05) is 63.2 Å². The Balaban J connectivity index is 0.805. The number of carbonyl (C=O) groups excluding carboxylic acids is 2. The number of aromatic nitrogens is 2. The number of alkyl halides is 2. The topological polar surface area (TPSA) is 222 Å². The number of ether oxygens (including phenoxy) is 3. The Morgan fingerprint density at radius 2 is 1.76 bits per heavy atom. The number of hydrogen-bond donors (Lipinski definition) is 4. The number of nitro benzene ring substituents is 1. The Morgan fingerprint density at radius 1 is 1.00 bits per heavy atom. The molecule has 22 heteroatoms. The lowest BCUT2D eigenvalue weighted by Crippen LogP contribution is -2.68. The summed E-state index contributed by atoms with van der Waals surface area (Å²) >= 11 is 0. The number of hydrogen-bond acceptors (Lipinski definition) is 14. The van der Waals surface area contributed by atoms with Crippen molar-refractivity contribution in [3.8, 4) is 23.0 Å². The number of rotatable bonds is 15. The maximum Gasteiger partial charge on any atom is 0.293 e. The fourth-order valence-electron chi connectivity index (χ4n) is 12.4. The highest BCUT2D eigenvalue weighted by molar-refractivity contribution is 7.90. The van der Waals surface area contributed by atoms with Gasteiger partial charge in [0.2, 0.25) is 0 Å². The van der Waals surface area contributed by atoms with Crippen molar-refractivity contribution < 1.29 is 55.4 Å². The predicted octanol–water partition coefficient (Wildman–Crippen LogP) is 10.0. The summed E-state index contributed by atoms with van der Waals surface area (Å²) in [5, 5.41) is 25.8. The van der Waals surface area contributed by atoms with Gasteiger partial charge in [-0.1, -0.05) is 38.1 Å². The summed E-state index contributed by atoms with van der Waals surface area (Å²) < 4.78 is 92.3. The molecule has 0 bridgehead atoms. The van der Waals surface area contributed by atoms with Gasteiger partial charge in [0.25, 0.3) is 33.4 Å². The molecule has 80 heavy (non-hydrogen) atoms. The third-order valence-electron chi connectivity index (χ3n) is 16.8. The summed E-state index contributed by atoms with van der Waals surface area (Å²) in [6.45, 7) is 8.83. The van der Waals surface area contributed by atoms with E-state index in [2.05, 4.69) is 55.8 Å². The number of nitrogens with one attached hydrogen (secondary N) is 3. The molecule has 422 valence electrons. The van der Waals surface area contributed by atoms with E-state index >= 15 is 8.78 Å². The number of H-pyrrole nitrogens is 1. The average molecular weight is 1120 g/mol. The number of carbonyl (C=O) groups is 2. The minimum atomic E-state index is -4.70. The predicted molar refractivity (Wildman–Crippen MR) is 292 cm³/mol. The standard InChI is InChI=1S/C58H63F3N8O10S/c1-34(2)41-7-5-6-8-42(41)49-31-66(55(71)36-21-45-52(51(22-36)77-4)78-20-17-58(45,60)61)18-19-68(49)38-26-57(27-38)32-67(33-57)37-9-11-43(50(23-37)79-39-24-44-46(59)30-64-53(44)63-29-39)54(70)65-80(75,76)40-10-12-47(48(25-40)69(73)74)62-28-35-13-15-56(3,72)16-14-35/h5-12,21-25,29-30,34-35,38,49,62,72H,13-20,26-28,31-33H2,1-4H3,(H,63,64)(H,65,70)/t35?,49-,56?/m0/s1. The highest BCUT2D eigenvalue weighted by Gasteiger charge is 2.55. The fourth-order valence-corrected chi connectivity index (χ4v) is 13.4. The lowest BCUT2D eigenvalue weighted by Gasteiger charge is -2.63. The van der Waals surface area contributed by atoms with Gasteiger partial charge in [-0.3, -0.25) is 24.6 Å². The molecule has 2 saturated heterocycles. The van der Waals surface area contributed by atoms with Crippen LogP contribution < -0.4 is 29.1 Å². The highest BCUT2D eigenvalue weighted by atomic mass is 32.2. The summed E-state index contributed by atoms with van der Waals surface area (Å²) in [5.74, 6) is -4.82. The average Bonchev–Trinajstić information content (AvgIpc) is 3.94. The van der Waals surface area contributed by atoms with Gasteiger partial charge in [0.1, 0.15) is 28.7 Å². The van der Waals surface area contributed by atoms with Crippen LogP contribution in [0.5, 0.6) is 23.0 Å². The van der Waals surface area contributed by atoms with Crippen LogP contribution in [-0.4, -0.2) is 115 Å². The number of pyridine rings is 1. The molecular weight excluding hydrogens is 1060 g/mol. The molecule has 18 nitrogen and oxygen atoms in total. The van der Waals surface area contributed by atoms with Gasteiger partial charge in [-0.25, -0.2) is 31.3 Å². The first kappa shape index (κ1) is 54.5. The van der Waals surface area contributed by atoms with Gasteiger partial charge in [-0.05, 0) is 111 Å². The maximum absolute atomic E-state index is 15.2. The van der Waals surface area contributed by atoms with E-state index in [0.29, 0.717) is 57.8 Å². The van der Waals surface area contributed by atoms with Gasteiger partial charge in [-0.2, -0.15) is 0 Å². The second-order valence-corrected chi connectivity index (χ2v) is 24.4. The number of fused-ring (bicyclic) bond motifs is 2. The molecule has 2 saturated carbocycles. The van der Waals surface area contributed by atoms with Crippen molar-refractivity contribution in [3.05, 3.63) is 135 Å². The monoisotopic (exact) mass is 1120 g/mol. The lowest BCUT2D eigenvalue weighted by atomic mass is 9.59. The fraction of sp³-hybridized carbons (Fsp3) is 0.431. The summed E-state index contributed by atoms with van der Waals surface area (Å²) in [4.78, 5) is 52.9. The van der Waals surface area contributed by atoms with Crippen LogP contribution in [0.4, 0.5) is 30.2 Å². The minimum absolute atomic E-state index is 0.0435. The molecule has 4 aromatic carbocycles. The number of nitrogens with zero attached hydrogens (tertiary/aromatic N) is 5. The zero-order chi connectivity index (χ0) is 56.5. The first-order valence-electron chi connectivity index (χ1n) is 27.0. The van der Waals surface area contributed by atoms with Gasteiger partial charge in [-0.15, -0.1) is 0 Å². The number of aromatic amines is 1. The van der Waals surface area contributed by atoms with Crippen molar-refractivity contribution in [3.63, 3.8) is 0 Å². The number of benzene rings is 4. The van der Waals surface area contributed by atoms with Crippen molar-refractivity contribution in [2.24, 2.45) is 11.3 Å². The molecule has 0 radical (unpaired) electrons. The molecular formula is C58H63F3N8O10S. The van der Waals surface area contributed by atoms with E-state index in [4.69, 9.17) is 14.2 Å². The van der Waals surface area contributed by atoms with Gasteiger partial charge in [0.05, 0.1) is 64.3 Å². The molecule has 5 heterocycles. The molecule has 2 aromatic heterocycles. The van der Waals surface area contributed by atoms with Crippen LogP contribution in [0.1, 0.15) is 115 Å². The van der Waals surface area contributed by atoms with Crippen LogP contribution in [0.25, 0.3) is 11.0 Å². The third kappa shape index (κ3) is 10.6. The van der Waals surface area contributed by atoms with Gasteiger partial charge in [0, 0.05) is 80.3 Å². The molecule has 0 unspecified atom stereocenters. The normalized spacial score (nSPS) is 21.8. The molecule has 3 aliphatic heterocycles. The van der Waals surface area contributed by atoms with Gasteiger partial charge >= 0.3 is 0 Å². The van der Waals surface area contributed by atoms with E-state index < -0.39 is 55.2 Å². The van der Waals surface area contributed by atoms with Crippen LogP contribution in [0, 0.1) is 27.3 Å². The minimum Gasteiger partial charge on any atom is -0.493 e. The van der Waals surface area contributed by atoms with E-state index in [0.717, 1.165) is 49.1 Å². The van der Waals surface area contributed by atoms with Crippen molar-refractivity contribution in [2.45, 2.75) is 100 Å². The van der Waals surface area contributed by atoms with Gasteiger partial charge < -0.3 is 39.4 Å². The Labute approximate surface area is 460 Å². The second-order valence-electron chi connectivity index (χ2n) is 22.7. The number of sulfonamides is 1. The molecule has 4 N–H and O–H groups in total. The summed E-state index contributed by atoms with van der Waals surface area (Å²) in [5.41, 5.74) is 1.56. The van der Waals surface area contributed by atoms with Crippen LogP contribution >= 0.6 is 0 Å². The second kappa shape index (κ2) is 20.9. The molecule has 4 fully saturated rings. The highest BCUT2D eigenvalue weighted by Crippen LogP contribution is 2.54. The van der Waals surface area contributed by atoms with Crippen LogP contribution in [-0.2, 0) is 15.9 Å². The zero-order valence-electron chi connectivity index (χ0n) is 44.8. The largest absolute Gasteiger partial charge is 0.493 e. The Morgan fingerprint density at radius 3 is 2.50 bits per heavy atom. The van der Waals surface area contributed by atoms with E-state index in [9.17, 15) is 37.6 Å². The summed E-state index contributed by atoms with van der Waals surface area (Å²) in [7, 11) is -3.33. The Kier molecular flexibility index (Phi) is 14.2. The van der Waals surface area contributed by atoms with Crippen molar-refractivity contribution in [1.82, 2.24) is 24.5 Å². The van der Waals surface area contributed by atoms with E-state index in [1.807, 2.05) is 12.1 Å². The first-order valence-corrected chi connectivity index (χ1v) is 28.5. The molecule has 6 aromatic rings. The number of methoxy groups -OCH3 is 1. The smallest absolute Gasteiger partial charge is 0.293 e. The maximum atomic E-state index is 15.2. The molecule has 2 aliphatic carbocycles. The van der Waals surface area contributed by atoms with Crippen molar-refractivity contribution >= 4 is 49.9 Å². The van der Waals surface area contributed by atoms with Crippen LogP contribution in [0.15, 0.2) is 96.2 Å². The Bertz CT molecular complexity index is 3520. The van der Waals surface area contributed by atoms with E-state index in [-0.39, 0.29) is 98.3 Å². The summed E-state index contributed by atoms with van der Waals surface area (Å²) in [6.07, 6.45) is 6.32. The van der Waals surface area contributed by atoms with Crippen LogP contribution in [0.2, 0.25) is 0 Å².